The Morgan fingerprint density at radius 3 is 2.27 bits per heavy atom. The van der Waals surface area contributed by atoms with E-state index in [2.05, 4.69) is 5.32 Å². The normalized spacial score (nSPS) is 17.5. The van der Waals surface area contributed by atoms with Gasteiger partial charge in [-0.2, -0.15) is 0 Å². The molecule has 1 N–H and O–H groups in total. The smallest absolute Gasteiger partial charge is 0.253 e. The maximum absolute atomic E-state index is 13.3. The van der Waals surface area contributed by atoms with Gasteiger partial charge in [0.1, 0.15) is 11.5 Å². The molecule has 0 saturated carbocycles. The number of ether oxygens (including phenoxy) is 2. The summed E-state index contributed by atoms with van der Waals surface area (Å²) in [4.78, 5) is 28.3. The fourth-order valence-corrected chi connectivity index (χ4v) is 4.36. The summed E-state index contributed by atoms with van der Waals surface area (Å²) in [6, 6.07) is 24.5. The van der Waals surface area contributed by atoms with E-state index in [0.717, 1.165) is 11.1 Å². The van der Waals surface area contributed by atoms with Gasteiger partial charge in [-0.25, -0.2) is 0 Å². The SMILES string of the molecule is COc1ccc(OC)c([C@H]2CN(C(=O)c3ccccc3)C[C@H]2C(=O)NCc2ccccc2)c1. The lowest BCUT2D eigenvalue weighted by Crippen LogP contribution is -2.35. The molecule has 6 nitrogen and oxygen atoms in total. The molecule has 2 atom stereocenters. The Kier molecular flexibility index (Phi) is 6.93. The van der Waals surface area contributed by atoms with Crippen LogP contribution < -0.4 is 14.8 Å². The molecule has 1 saturated heterocycles. The summed E-state index contributed by atoms with van der Waals surface area (Å²) in [5, 5.41) is 3.06. The van der Waals surface area contributed by atoms with Crippen molar-refractivity contribution in [2.45, 2.75) is 12.5 Å². The van der Waals surface area contributed by atoms with E-state index in [1.807, 2.05) is 66.7 Å². The Balaban J connectivity index is 1.62. The highest BCUT2D eigenvalue weighted by molar-refractivity contribution is 5.95. The fraction of sp³-hybridized carbons (Fsp3) is 0.259. The van der Waals surface area contributed by atoms with E-state index in [4.69, 9.17) is 9.47 Å². The van der Waals surface area contributed by atoms with Crippen molar-refractivity contribution in [1.82, 2.24) is 10.2 Å². The third-order valence-electron chi connectivity index (χ3n) is 6.11. The highest BCUT2D eigenvalue weighted by Gasteiger charge is 2.41. The van der Waals surface area contributed by atoms with E-state index in [9.17, 15) is 9.59 Å². The van der Waals surface area contributed by atoms with Gasteiger partial charge >= 0.3 is 0 Å². The number of carbonyl (C=O) groups is 2. The zero-order chi connectivity index (χ0) is 23.2. The zero-order valence-electron chi connectivity index (χ0n) is 18.9. The van der Waals surface area contributed by atoms with Gasteiger partial charge in [0.2, 0.25) is 5.91 Å². The summed E-state index contributed by atoms with van der Waals surface area (Å²) >= 11 is 0. The number of amides is 2. The second kappa shape index (κ2) is 10.2. The number of methoxy groups -OCH3 is 2. The molecule has 1 aliphatic heterocycles. The van der Waals surface area contributed by atoms with E-state index >= 15 is 0 Å². The Morgan fingerprint density at radius 1 is 0.909 bits per heavy atom. The molecule has 3 aromatic rings. The van der Waals surface area contributed by atoms with Crippen LogP contribution in [0.5, 0.6) is 11.5 Å². The molecule has 2 amide bonds. The van der Waals surface area contributed by atoms with Gasteiger partial charge in [-0.1, -0.05) is 48.5 Å². The minimum absolute atomic E-state index is 0.0826. The van der Waals surface area contributed by atoms with E-state index < -0.39 is 5.92 Å². The number of nitrogens with zero attached hydrogens (tertiary/aromatic N) is 1. The second-order valence-corrected chi connectivity index (χ2v) is 8.10. The van der Waals surface area contributed by atoms with Crippen LogP contribution in [0.2, 0.25) is 0 Å². The van der Waals surface area contributed by atoms with E-state index in [1.54, 1.807) is 31.3 Å². The molecule has 1 fully saturated rings. The van der Waals surface area contributed by atoms with Crippen LogP contribution in [-0.4, -0.2) is 44.0 Å². The maximum Gasteiger partial charge on any atom is 0.253 e. The van der Waals surface area contributed by atoms with Gasteiger partial charge in [-0.3, -0.25) is 9.59 Å². The summed E-state index contributed by atoms with van der Waals surface area (Å²) in [6.45, 7) is 1.19. The first-order valence-corrected chi connectivity index (χ1v) is 11.0. The lowest BCUT2D eigenvalue weighted by Gasteiger charge is -2.21. The van der Waals surface area contributed by atoms with Gasteiger partial charge in [0, 0.05) is 36.7 Å². The summed E-state index contributed by atoms with van der Waals surface area (Å²) < 4.78 is 11.0. The third-order valence-corrected chi connectivity index (χ3v) is 6.11. The van der Waals surface area contributed by atoms with Crippen LogP contribution in [0.15, 0.2) is 78.9 Å². The highest BCUT2D eigenvalue weighted by Crippen LogP contribution is 2.40. The highest BCUT2D eigenvalue weighted by atomic mass is 16.5. The van der Waals surface area contributed by atoms with E-state index in [0.29, 0.717) is 36.7 Å². The molecule has 1 aliphatic rings. The summed E-state index contributed by atoms with van der Waals surface area (Å²) in [5.74, 6) is 0.552. The molecule has 0 spiro atoms. The largest absolute Gasteiger partial charge is 0.497 e. The Labute approximate surface area is 194 Å². The maximum atomic E-state index is 13.3. The number of rotatable bonds is 7. The second-order valence-electron chi connectivity index (χ2n) is 8.10. The number of nitrogens with one attached hydrogen (secondary N) is 1. The number of likely N-dealkylation sites (tertiary alicyclic amines) is 1. The van der Waals surface area contributed by atoms with E-state index in [1.165, 1.54) is 0 Å². The van der Waals surface area contributed by atoms with Gasteiger partial charge < -0.3 is 19.7 Å². The van der Waals surface area contributed by atoms with Gasteiger partial charge in [-0.05, 0) is 35.9 Å². The first kappa shape index (κ1) is 22.4. The molecule has 33 heavy (non-hydrogen) atoms. The fourth-order valence-electron chi connectivity index (χ4n) is 4.36. The van der Waals surface area contributed by atoms with Crippen LogP contribution in [-0.2, 0) is 11.3 Å². The Morgan fingerprint density at radius 2 is 1.61 bits per heavy atom. The predicted octanol–water partition coefficient (Wildman–Crippen LogP) is 3.88. The summed E-state index contributed by atoms with van der Waals surface area (Å²) in [7, 11) is 3.22. The number of carbonyl (C=O) groups excluding carboxylic acids is 2. The van der Waals surface area contributed by atoms with Crippen molar-refractivity contribution in [1.29, 1.82) is 0 Å². The minimum Gasteiger partial charge on any atom is -0.497 e. The van der Waals surface area contributed by atoms with Crippen molar-refractivity contribution >= 4 is 11.8 Å². The average molecular weight is 445 g/mol. The molecule has 0 aromatic heterocycles. The van der Waals surface area contributed by atoms with Crippen LogP contribution in [0.4, 0.5) is 0 Å². The van der Waals surface area contributed by atoms with Gasteiger partial charge in [-0.15, -0.1) is 0 Å². The van der Waals surface area contributed by atoms with Gasteiger partial charge in [0.05, 0.1) is 20.1 Å². The first-order chi connectivity index (χ1) is 16.1. The standard InChI is InChI=1S/C27H28N2O4/c1-32-21-13-14-25(33-2)22(15-21)23-17-29(27(31)20-11-7-4-8-12-20)18-24(23)26(30)28-16-19-9-5-3-6-10-19/h3-15,23-24H,16-18H2,1-2H3,(H,28,30)/t23-,24-/m1/s1. The van der Waals surface area contributed by atoms with E-state index in [-0.39, 0.29) is 17.7 Å². The molecular formula is C27H28N2O4. The van der Waals surface area contributed by atoms with Crippen molar-refractivity contribution in [3.63, 3.8) is 0 Å². The third kappa shape index (κ3) is 5.00. The monoisotopic (exact) mass is 444 g/mol. The van der Waals surface area contributed by atoms with Crippen LogP contribution in [0.25, 0.3) is 0 Å². The lowest BCUT2D eigenvalue weighted by molar-refractivity contribution is -0.125. The van der Waals surface area contributed by atoms with Crippen LogP contribution >= 0.6 is 0 Å². The van der Waals surface area contributed by atoms with Crippen molar-refractivity contribution in [2.75, 3.05) is 27.3 Å². The molecular weight excluding hydrogens is 416 g/mol. The quantitative estimate of drug-likeness (QED) is 0.601. The molecule has 0 bridgehead atoms. The number of hydrogen-bond acceptors (Lipinski definition) is 4. The Hall–Kier alpha value is -3.80. The van der Waals surface area contributed by atoms with Crippen LogP contribution in [0.3, 0.4) is 0 Å². The molecule has 6 heteroatoms. The number of hydrogen-bond donors (Lipinski definition) is 1. The van der Waals surface area contributed by atoms with Crippen molar-refractivity contribution in [2.24, 2.45) is 5.92 Å². The first-order valence-electron chi connectivity index (χ1n) is 11.0. The van der Waals surface area contributed by atoms with Gasteiger partial charge in [0.15, 0.2) is 0 Å². The van der Waals surface area contributed by atoms with Crippen LogP contribution in [0.1, 0.15) is 27.4 Å². The van der Waals surface area contributed by atoms with Crippen LogP contribution in [0, 0.1) is 5.92 Å². The molecule has 0 radical (unpaired) electrons. The zero-order valence-corrected chi connectivity index (χ0v) is 18.9. The molecule has 0 unspecified atom stereocenters. The van der Waals surface area contributed by atoms with Crippen molar-refractivity contribution < 1.29 is 19.1 Å². The van der Waals surface area contributed by atoms with Gasteiger partial charge in [0.25, 0.3) is 5.91 Å². The molecule has 0 aliphatic carbocycles. The minimum atomic E-state index is -0.414. The predicted molar refractivity (Wildman–Crippen MR) is 126 cm³/mol. The lowest BCUT2D eigenvalue weighted by atomic mass is 9.87. The number of benzene rings is 3. The molecule has 170 valence electrons. The molecule has 4 rings (SSSR count). The molecule has 1 heterocycles. The molecule has 3 aromatic carbocycles. The average Bonchev–Trinajstić information content (AvgIpc) is 3.33. The summed E-state index contributed by atoms with van der Waals surface area (Å²) in [5.41, 5.74) is 2.50. The summed E-state index contributed by atoms with van der Waals surface area (Å²) in [6.07, 6.45) is 0. The Bertz CT molecular complexity index is 1100. The topological polar surface area (TPSA) is 67.9 Å². The van der Waals surface area contributed by atoms with Crippen molar-refractivity contribution in [3.8, 4) is 11.5 Å². The van der Waals surface area contributed by atoms with Crippen molar-refractivity contribution in [3.05, 3.63) is 95.6 Å².